The van der Waals surface area contributed by atoms with E-state index in [1.807, 2.05) is 6.07 Å². The quantitative estimate of drug-likeness (QED) is 0.844. The molecule has 94 valence electrons. The zero-order chi connectivity index (χ0) is 12.4. The molecule has 1 N–H and O–H groups in total. The Kier molecular flexibility index (Phi) is 4.26. The number of aliphatic hydroxyl groups excluding tert-OH is 1. The molecular weight excluding hydrogens is 276 g/mol. The topological polar surface area (TPSA) is 20.2 Å². The molecule has 2 rings (SSSR count). The Morgan fingerprint density at radius 2 is 2.12 bits per heavy atom. The van der Waals surface area contributed by atoms with E-state index in [2.05, 4.69) is 41.9 Å². The van der Waals surface area contributed by atoms with Crippen molar-refractivity contribution in [3.63, 3.8) is 0 Å². The van der Waals surface area contributed by atoms with E-state index >= 15 is 0 Å². The van der Waals surface area contributed by atoms with Crippen LogP contribution < -0.4 is 0 Å². The molecule has 0 saturated heterocycles. The second kappa shape index (κ2) is 5.53. The summed E-state index contributed by atoms with van der Waals surface area (Å²) in [5.41, 5.74) is 2.29. The molecule has 0 bridgehead atoms. The summed E-state index contributed by atoms with van der Waals surface area (Å²) in [7, 11) is 0. The van der Waals surface area contributed by atoms with Crippen LogP contribution >= 0.6 is 15.9 Å². The molecule has 0 aliphatic heterocycles. The largest absolute Gasteiger partial charge is 0.388 e. The normalized spacial score (nSPS) is 26.8. The molecule has 1 aromatic carbocycles. The lowest BCUT2D eigenvalue weighted by Crippen LogP contribution is -2.20. The summed E-state index contributed by atoms with van der Waals surface area (Å²) >= 11 is 3.49. The Balaban J connectivity index is 2.18. The highest BCUT2D eigenvalue weighted by Gasteiger charge is 2.27. The first-order chi connectivity index (χ1) is 8.08. The first kappa shape index (κ1) is 13.1. The molecule has 1 aliphatic rings. The van der Waals surface area contributed by atoms with Crippen LogP contribution in [0.15, 0.2) is 22.7 Å². The van der Waals surface area contributed by atoms with Gasteiger partial charge in [-0.25, -0.2) is 0 Å². The molecule has 17 heavy (non-hydrogen) atoms. The van der Waals surface area contributed by atoms with E-state index in [-0.39, 0.29) is 6.10 Å². The fraction of sp³-hybridized carbons (Fsp3) is 0.600. The number of aliphatic hydroxyl groups is 1. The molecule has 1 nitrogen and oxygen atoms in total. The van der Waals surface area contributed by atoms with E-state index in [4.69, 9.17) is 0 Å². The van der Waals surface area contributed by atoms with Crippen LogP contribution in [0.4, 0.5) is 0 Å². The van der Waals surface area contributed by atoms with Crippen LogP contribution in [0.3, 0.4) is 0 Å². The van der Waals surface area contributed by atoms with Gasteiger partial charge in [0.25, 0.3) is 0 Å². The lowest BCUT2D eigenvalue weighted by Gasteiger charge is -2.31. The summed E-state index contributed by atoms with van der Waals surface area (Å²) in [4.78, 5) is 0. The van der Waals surface area contributed by atoms with E-state index in [0.29, 0.717) is 5.92 Å². The van der Waals surface area contributed by atoms with Gasteiger partial charge in [-0.1, -0.05) is 41.8 Å². The average molecular weight is 297 g/mol. The van der Waals surface area contributed by atoms with E-state index < -0.39 is 0 Å². The van der Waals surface area contributed by atoms with Gasteiger partial charge in [0.05, 0.1) is 6.10 Å². The van der Waals surface area contributed by atoms with Crippen LogP contribution in [-0.4, -0.2) is 5.11 Å². The summed E-state index contributed by atoms with van der Waals surface area (Å²) in [6.07, 6.45) is 4.61. The van der Waals surface area contributed by atoms with Gasteiger partial charge in [0.15, 0.2) is 0 Å². The predicted molar refractivity (Wildman–Crippen MR) is 75.0 cm³/mol. The molecule has 0 radical (unpaired) electrons. The first-order valence-electron chi connectivity index (χ1n) is 6.52. The fourth-order valence-electron chi connectivity index (χ4n) is 2.95. The molecule has 1 aromatic rings. The molecule has 1 saturated carbocycles. The third-order valence-electron chi connectivity index (χ3n) is 3.98. The number of benzene rings is 1. The van der Waals surface area contributed by atoms with Crippen molar-refractivity contribution in [3.8, 4) is 0 Å². The lowest BCUT2D eigenvalue weighted by molar-refractivity contribution is 0.0709. The molecule has 0 amide bonds. The molecular formula is C15H21BrO. The van der Waals surface area contributed by atoms with Gasteiger partial charge in [-0.05, 0) is 54.9 Å². The molecule has 0 spiro atoms. The molecule has 0 aromatic heterocycles. The second-order valence-electron chi connectivity index (χ2n) is 5.48. The molecule has 3 unspecified atom stereocenters. The Morgan fingerprint density at radius 3 is 2.82 bits per heavy atom. The number of aryl methyl sites for hydroxylation is 1. The highest BCUT2D eigenvalue weighted by atomic mass is 79.9. The van der Waals surface area contributed by atoms with E-state index in [9.17, 15) is 5.11 Å². The smallest absolute Gasteiger partial charge is 0.0821 e. The summed E-state index contributed by atoms with van der Waals surface area (Å²) in [5.74, 6) is 1.20. The molecule has 2 heteroatoms. The van der Waals surface area contributed by atoms with Crippen molar-refractivity contribution in [3.05, 3.63) is 33.8 Å². The Morgan fingerprint density at radius 1 is 1.35 bits per heavy atom. The third kappa shape index (κ3) is 3.11. The van der Waals surface area contributed by atoms with E-state index in [1.54, 1.807) is 0 Å². The molecule has 3 atom stereocenters. The van der Waals surface area contributed by atoms with Crippen LogP contribution in [0.5, 0.6) is 0 Å². The maximum absolute atomic E-state index is 10.5. The van der Waals surface area contributed by atoms with Gasteiger partial charge in [0.2, 0.25) is 0 Å². The van der Waals surface area contributed by atoms with Crippen molar-refractivity contribution >= 4 is 15.9 Å². The Hall–Kier alpha value is -0.340. The van der Waals surface area contributed by atoms with Gasteiger partial charge < -0.3 is 5.11 Å². The van der Waals surface area contributed by atoms with E-state index in [1.165, 1.54) is 18.4 Å². The summed E-state index contributed by atoms with van der Waals surface area (Å²) in [6.45, 7) is 4.38. The van der Waals surface area contributed by atoms with Crippen LogP contribution in [0, 0.1) is 18.8 Å². The zero-order valence-corrected chi connectivity index (χ0v) is 12.2. The van der Waals surface area contributed by atoms with Crippen molar-refractivity contribution in [2.24, 2.45) is 11.8 Å². The third-order valence-corrected chi connectivity index (χ3v) is 4.48. The highest BCUT2D eigenvalue weighted by Crippen LogP contribution is 2.38. The predicted octanol–water partition coefficient (Wildman–Crippen LogP) is 4.62. The van der Waals surface area contributed by atoms with Crippen LogP contribution in [-0.2, 0) is 0 Å². The number of rotatable bonds is 2. The van der Waals surface area contributed by atoms with Crippen molar-refractivity contribution in [1.82, 2.24) is 0 Å². The maximum atomic E-state index is 10.5. The average Bonchev–Trinajstić information content (AvgIpc) is 2.31. The van der Waals surface area contributed by atoms with Crippen molar-refractivity contribution < 1.29 is 5.11 Å². The molecule has 0 heterocycles. The minimum atomic E-state index is -0.296. The number of hydrogen-bond acceptors (Lipinski definition) is 1. The maximum Gasteiger partial charge on any atom is 0.0821 e. The Bertz CT molecular complexity index is 389. The summed E-state index contributed by atoms with van der Waals surface area (Å²) in [5, 5.41) is 10.5. The zero-order valence-electron chi connectivity index (χ0n) is 10.6. The lowest BCUT2D eigenvalue weighted by atomic mass is 9.77. The minimum Gasteiger partial charge on any atom is -0.388 e. The van der Waals surface area contributed by atoms with E-state index in [0.717, 1.165) is 28.8 Å². The van der Waals surface area contributed by atoms with Crippen molar-refractivity contribution in [2.75, 3.05) is 0 Å². The van der Waals surface area contributed by atoms with Gasteiger partial charge in [0, 0.05) is 4.47 Å². The van der Waals surface area contributed by atoms with Crippen molar-refractivity contribution in [2.45, 2.75) is 45.6 Å². The number of halogens is 1. The second-order valence-corrected chi connectivity index (χ2v) is 6.39. The first-order valence-corrected chi connectivity index (χ1v) is 7.31. The summed E-state index contributed by atoms with van der Waals surface area (Å²) < 4.78 is 1.06. The summed E-state index contributed by atoms with van der Waals surface area (Å²) in [6, 6.07) is 6.18. The van der Waals surface area contributed by atoms with Gasteiger partial charge in [-0.2, -0.15) is 0 Å². The van der Waals surface area contributed by atoms with Crippen LogP contribution in [0.1, 0.15) is 49.8 Å². The van der Waals surface area contributed by atoms with Crippen molar-refractivity contribution in [1.29, 1.82) is 0 Å². The number of hydrogen-bond donors (Lipinski definition) is 1. The van der Waals surface area contributed by atoms with Gasteiger partial charge in [-0.15, -0.1) is 0 Å². The van der Waals surface area contributed by atoms with Gasteiger partial charge in [0.1, 0.15) is 0 Å². The van der Waals surface area contributed by atoms with Crippen LogP contribution in [0.2, 0.25) is 0 Å². The highest BCUT2D eigenvalue weighted by molar-refractivity contribution is 9.10. The van der Waals surface area contributed by atoms with Gasteiger partial charge in [-0.3, -0.25) is 0 Å². The van der Waals surface area contributed by atoms with Crippen LogP contribution in [0.25, 0.3) is 0 Å². The standard InChI is InChI=1S/C15H21BrO/c1-10-4-3-5-12(8-10)15(17)14-9-13(16)7-6-11(14)2/h6-7,9-10,12,15,17H,3-5,8H2,1-2H3. The minimum absolute atomic E-state index is 0.296. The molecule has 1 aliphatic carbocycles. The monoisotopic (exact) mass is 296 g/mol. The fourth-order valence-corrected chi connectivity index (χ4v) is 3.33. The van der Waals surface area contributed by atoms with Gasteiger partial charge >= 0.3 is 0 Å². The molecule has 1 fully saturated rings. The Labute approximate surface area is 112 Å². The SMILES string of the molecule is Cc1ccc(Br)cc1C(O)C1CCCC(C)C1.